The number of nitrogens with zero attached hydrogens (tertiary/aromatic N) is 1. The third-order valence-electron chi connectivity index (χ3n) is 3.10. The molecule has 0 aromatic heterocycles. The van der Waals surface area contributed by atoms with Gasteiger partial charge < -0.3 is 10.0 Å². The second kappa shape index (κ2) is 4.23. The van der Waals surface area contributed by atoms with Gasteiger partial charge in [-0.15, -0.1) is 0 Å². The first-order valence-electron chi connectivity index (χ1n) is 5.66. The maximum Gasteiger partial charge on any atom is 0.120 e. The fourth-order valence-corrected chi connectivity index (χ4v) is 2.38. The van der Waals surface area contributed by atoms with Crippen molar-refractivity contribution in [1.82, 2.24) is 4.90 Å². The van der Waals surface area contributed by atoms with Crippen molar-refractivity contribution in [2.75, 3.05) is 14.1 Å². The molecule has 2 heteroatoms. The average Bonchev–Trinajstić information content (AvgIpc) is 2.22. The summed E-state index contributed by atoms with van der Waals surface area (Å²) in [6, 6.07) is 3.94. The van der Waals surface area contributed by atoms with Gasteiger partial charge in [-0.25, -0.2) is 0 Å². The Hall–Kier alpha value is -1.02. The van der Waals surface area contributed by atoms with E-state index in [9.17, 15) is 5.11 Å². The molecule has 1 N–H and O–H groups in total. The highest BCUT2D eigenvalue weighted by Gasteiger charge is 2.16. The summed E-state index contributed by atoms with van der Waals surface area (Å²) in [4.78, 5) is 2.12. The normalized spacial score (nSPS) is 15.4. The van der Waals surface area contributed by atoms with Crippen LogP contribution in [0.1, 0.15) is 29.5 Å². The van der Waals surface area contributed by atoms with Crippen LogP contribution in [-0.2, 0) is 19.4 Å². The maximum atomic E-state index is 9.89. The number of hydrogen-bond donors (Lipinski definition) is 1. The van der Waals surface area contributed by atoms with Crippen molar-refractivity contribution in [2.24, 2.45) is 0 Å². The van der Waals surface area contributed by atoms with Gasteiger partial charge in [0.1, 0.15) is 5.75 Å². The van der Waals surface area contributed by atoms with Crippen LogP contribution in [0.15, 0.2) is 12.1 Å². The van der Waals surface area contributed by atoms with E-state index in [1.807, 2.05) is 20.2 Å². The molecule has 0 spiro atoms. The van der Waals surface area contributed by atoms with Gasteiger partial charge in [-0.2, -0.15) is 0 Å². The van der Waals surface area contributed by atoms with E-state index in [0.29, 0.717) is 5.75 Å². The molecule has 1 aromatic rings. The fraction of sp³-hybridized carbons (Fsp3) is 0.538. The monoisotopic (exact) mass is 205 g/mol. The van der Waals surface area contributed by atoms with Gasteiger partial charge in [0.15, 0.2) is 0 Å². The summed E-state index contributed by atoms with van der Waals surface area (Å²) >= 11 is 0. The minimum absolute atomic E-state index is 0.462. The summed E-state index contributed by atoms with van der Waals surface area (Å²) in [5.41, 5.74) is 3.98. The lowest BCUT2D eigenvalue weighted by Crippen LogP contribution is -2.15. The summed E-state index contributed by atoms with van der Waals surface area (Å²) in [6.07, 6.45) is 4.86. The Morgan fingerprint density at radius 2 is 1.93 bits per heavy atom. The number of phenolic OH excluding ortho intramolecular Hbond substituents is 1. The lowest BCUT2D eigenvalue weighted by atomic mass is 9.87. The highest BCUT2D eigenvalue weighted by atomic mass is 16.3. The van der Waals surface area contributed by atoms with E-state index in [1.54, 1.807) is 0 Å². The molecule has 2 nitrogen and oxygen atoms in total. The second-order valence-electron chi connectivity index (χ2n) is 4.65. The number of phenols is 1. The molecular weight excluding hydrogens is 186 g/mol. The molecule has 0 fully saturated rings. The molecule has 0 saturated carbocycles. The Morgan fingerprint density at radius 3 is 2.67 bits per heavy atom. The van der Waals surface area contributed by atoms with Crippen molar-refractivity contribution in [3.63, 3.8) is 0 Å². The van der Waals surface area contributed by atoms with Gasteiger partial charge >= 0.3 is 0 Å². The minimum Gasteiger partial charge on any atom is -0.508 e. The first-order valence-corrected chi connectivity index (χ1v) is 5.66. The summed E-state index contributed by atoms with van der Waals surface area (Å²) in [5, 5.41) is 9.89. The summed E-state index contributed by atoms with van der Waals surface area (Å²) in [5.74, 6) is 0.462. The van der Waals surface area contributed by atoms with Crippen LogP contribution in [0.2, 0.25) is 0 Å². The van der Waals surface area contributed by atoms with Gasteiger partial charge in [-0.1, -0.05) is 6.07 Å². The molecule has 0 bridgehead atoms. The predicted molar refractivity (Wildman–Crippen MR) is 62.1 cm³/mol. The van der Waals surface area contributed by atoms with Gasteiger partial charge in [0.05, 0.1) is 0 Å². The maximum absolute atomic E-state index is 9.89. The van der Waals surface area contributed by atoms with Crippen LogP contribution in [-0.4, -0.2) is 24.1 Å². The van der Waals surface area contributed by atoms with Crippen LogP contribution in [0, 0.1) is 0 Å². The standard InChI is InChI=1S/C13H19NO/c1-14(2)9-12-11-6-4-3-5-10(11)7-8-13(12)15/h7-8,15H,3-6,9H2,1-2H3. The van der Waals surface area contributed by atoms with E-state index in [-0.39, 0.29) is 0 Å². The topological polar surface area (TPSA) is 23.5 Å². The fourth-order valence-electron chi connectivity index (χ4n) is 2.38. The van der Waals surface area contributed by atoms with E-state index in [2.05, 4.69) is 11.0 Å². The van der Waals surface area contributed by atoms with Crippen LogP contribution in [0.4, 0.5) is 0 Å². The van der Waals surface area contributed by atoms with Gasteiger partial charge in [-0.3, -0.25) is 0 Å². The third kappa shape index (κ3) is 2.15. The van der Waals surface area contributed by atoms with Crippen molar-refractivity contribution in [1.29, 1.82) is 0 Å². The second-order valence-corrected chi connectivity index (χ2v) is 4.65. The molecule has 0 unspecified atom stereocenters. The molecule has 0 heterocycles. The number of fused-ring (bicyclic) bond motifs is 1. The van der Waals surface area contributed by atoms with Crippen molar-refractivity contribution in [3.05, 3.63) is 28.8 Å². The van der Waals surface area contributed by atoms with E-state index in [1.165, 1.54) is 30.4 Å². The molecule has 0 amide bonds. The quantitative estimate of drug-likeness (QED) is 0.801. The van der Waals surface area contributed by atoms with E-state index >= 15 is 0 Å². The van der Waals surface area contributed by atoms with E-state index < -0.39 is 0 Å². The Balaban J connectivity index is 2.41. The first-order chi connectivity index (χ1) is 7.18. The molecule has 82 valence electrons. The average molecular weight is 205 g/mol. The Kier molecular flexibility index (Phi) is 2.96. The zero-order chi connectivity index (χ0) is 10.8. The summed E-state index contributed by atoms with van der Waals surface area (Å²) < 4.78 is 0. The van der Waals surface area contributed by atoms with Crippen molar-refractivity contribution in [3.8, 4) is 5.75 Å². The zero-order valence-electron chi connectivity index (χ0n) is 9.58. The number of aromatic hydroxyl groups is 1. The van der Waals surface area contributed by atoms with Crippen LogP contribution in [0.5, 0.6) is 5.75 Å². The third-order valence-corrected chi connectivity index (χ3v) is 3.10. The largest absolute Gasteiger partial charge is 0.508 e. The van der Waals surface area contributed by atoms with Crippen LogP contribution in [0.3, 0.4) is 0 Å². The molecule has 1 aromatic carbocycles. The minimum atomic E-state index is 0.462. The summed E-state index contributed by atoms with van der Waals surface area (Å²) in [7, 11) is 4.09. The highest BCUT2D eigenvalue weighted by molar-refractivity contribution is 5.45. The first kappa shape index (κ1) is 10.5. The summed E-state index contributed by atoms with van der Waals surface area (Å²) in [6.45, 7) is 0.842. The highest BCUT2D eigenvalue weighted by Crippen LogP contribution is 2.30. The SMILES string of the molecule is CN(C)Cc1c(O)ccc2c1CCCC2. The van der Waals surface area contributed by atoms with Gasteiger partial charge in [0.25, 0.3) is 0 Å². The van der Waals surface area contributed by atoms with Crippen LogP contribution in [0.25, 0.3) is 0 Å². The number of hydrogen-bond acceptors (Lipinski definition) is 2. The lowest BCUT2D eigenvalue weighted by Gasteiger charge is -2.22. The molecule has 0 radical (unpaired) electrons. The number of benzene rings is 1. The molecule has 0 atom stereocenters. The van der Waals surface area contributed by atoms with Crippen molar-refractivity contribution < 1.29 is 5.11 Å². The molecule has 1 aliphatic rings. The van der Waals surface area contributed by atoms with Crippen molar-refractivity contribution in [2.45, 2.75) is 32.2 Å². The van der Waals surface area contributed by atoms with Gasteiger partial charge in [-0.05, 0) is 57.0 Å². The molecule has 2 rings (SSSR count). The molecular formula is C13H19NO. The van der Waals surface area contributed by atoms with E-state index in [4.69, 9.17) is 0 Å². The lowest BCUT2D eigenvalue weighted by molar-refractivity contribution is 0.382. The molecule has 0 aliphatic heterocycles. The molecule has 1 aliphatic carbocycles. The van der Waals surface area contributed by atoms with Gasteiger partial charge in [0.2, 0.25) is 0 Å². The smallest absolute Gasteiger partial charge is 0.120 e. The van der Waals surface area contributed by atoms with E-state index in [0.717, 1.165) is 18.5 Å². The number of rotatable bonds is 2. The van der Waals surface area contributed by atoms with Crippen LogP contribution < -0.4 is 0 Å². The molecule has 0 saturated heterocycles. The Morgan fingerprint density at radius 1 is 1.20 bits per heavy atom. The van der Waals surface area contributed by atoms with Gasteiger partial charge in [0, 0.05) is 12.1 Å². The van der Waals surface area contributed by atoms with Crippen molar-refractivity contribution >= 4 is 0 Å². The number of aryl methyl sites for hydroxylation is 1. The Bertz CT molecular complexity index is 358. The zero-order valence-corrected chi connectivity index (χ0v) is 9.58. The Labute approximate surface area is 91.5 Å². The molecule has 15 heavy (non-hydrogen) atoms. The van der Waals surface area contributed by atoms with Crippen LogP contribution >= 0.6 is 0 Å². The predicted octanol–water partition coefficient (Wildman–Crippen LogP) is 2.33.